The van der Waals surface area contributed by atoms with Gasteiger partial charge in [-0.15, -0.1) is 5.10 Å². The Kier molecular flexibility index (Phi) is 7.14. The average Bonchev–Trinajstić information content (AvgIpc) is 3.20. The predicted molar refractivity (Wildman–Crippen MR) is 118 cm³/mol. The highest BCUT2D eigenvalue weighted by Crippen LogP contribution is 2.27. The SMILES string of the molecule is COc1ccc(CC(=O)Nc2nnc(Cc3ccc(S(=O)(=O)C(C)C)cc3)o2)cc1OC. The van der Waals surface area contributed by atoms with Crippen molar-refractivity contribution in [3.63, 3.8) is 0 Å². The van der Waals surface area contributed by atoms with Crippen LogP contribution in [0.2, 0.25) is 0 Å². The van der Waals surface area contributed by atoms with Gasteiger partial charge in [-0.2, -0.15) is 0 Å². The van der Waals surface area contributed by atoms with Gasteiger partial charge in [0.2, 0.25) is 11.8 Å². The molecule has 0 saturated heterocycles. The largest absolute Gasteiger partial charge is 0.493 e. The lowest BCUT2D eigenvalue weighted by atomic mass is 10.1. The summed E-state index contributed by atoms with van der Waals surface area (Å²) < 4.78 is 40.4. The van der Waals surface area contributed by atoms with Gasteiger partial charge in [0.15, 0.2) is 21.3 Å². The van der Waals surface area contributed by atoms with Gasteiger partial charge in [-0.1, -0.05) is 23.3 Å². The normalized spacial score (nSPS) is 11.4. The Bertz CT molecular complexity index is 1190. The third kappa shape index (κ3) is 5.44. The molecule has 3 aromatic rings. The number of nitrogens with one attached hydrogen (secondary N) is 1. The zero-order chi connectivity index (χ0) is 23.3. The summed E-state index contributed by atoms with van der Waals surface area (Å²) >= 11 is 0. The van der Waals surface area contributed by atoms with E-state index in [1.165, 1.54) is 7.11 Å². The number of methoxy groups -OCH3 is 2. The molecule has 10 heteroatoms. The number of hydrogen-bond donors (Lipinski definition) is 1. The fraction of sp³-hybridized carbons (Fsp3) is 0.318. The number of hydrogen-bond acceptors (Lipinski definition) is 8. The molecule has 1 N–H and O–H groups in total. The van der Waals surface area contributed by atoms with Crippen LogP contribution in [0.5, 0.6) is 11.5 Å². The van der Waals surface area contributed by atoms with Gasteiger partial charge in [-0.3, -0.25) is 10.1 Å². The lowest BCUT2D eigenvalue weighted by Crippen LogP contribution is -2.14. The van der Waals surface area contributed by atoms with Crippen LogP contribution < -0.4 is 14.8 Å². The molecule has 3 rings (SSSR count). The standard InChI is InChI=1S/C22H25N3O6S/c1-14(2)32(27,28)17-8-5-15(6-9-17)13-21-24-25-22(31-21)23-20(26)12-16-7-10-18(29-3)19(11-16)30-4/h5-11,14H,12-13H2,1-4H3,(H,23,25,26). The predicted octanol–water partition coefficient (Wildman–Crippen LogP) is 3.04. The van der Waals surface area contributed by atoms with E-state index in [1.807, 2.05) is 0 Å². The van der Waals surface area contributed by atoms with Crippen LogP contribution in [-0.2, 0) is 27.5 Å². The first-order valence-electron chi connectivity index (χ1n) is 9.89. The van der Waals surface area contributed by atoms with Crippen LogP contribution in [0.3, 0.4) is 0 Å². The molecule has 0 bridgehead atoms. The van der Waals surface area contributed by atoms with E-state index < -0.39 is 15.1 Å². The Morgan fingerprint density at radius 3 is 2.28 bits per heavy atom. The minimum Gasteiger partial charge on any atom is -0.493 e. The molecule has 1 aromatic heterocycles. The lowest BCUT2D eigenvalue weighted by Gasteiger charge is -2.09. The number of carbonyl (C=O) groups is 1. The zero-order valence-electron chi connectivity index (χ0n) is 18.3. The van der Waals surface area contributed by atoms with E-state index in [9.17, 15) is 13.2 Å². The Hall–Kier alpha value is -3.40. The summed E-state index contributed by atoms with van der Waals surface area (Å²) in [5, 5.41) is 9.86. The van der Waals surface area contributed by atoms with Crippen molar-refractivity contribution in [1.29, 1.82) is 0 Å². The number of carbonyl (C=O) groups excluding carboxylic acids is 1. The van der Waals surface area contributed by atoms with Crippen LogP contribution in [0.25, 0.3) is 0 Å². The monoisotopic (exact) mass is 459 g/mol. The highest BCUT2D eigenvalue weighted by atomic mass is 32.2. The second kappa shape index (κ2) is 9.82. The third-order valence-electron chi connectivity index (χ3n) is 4.75. The van der Waals surface area contributed by atoms with Gasteiger partial charge in [-0.25, -0.2) is 8.42 Å². The van der Waals surface area contributed by atoms with Crippen LogP contribution in [0.15, 0.2) is 51.8 Å². The number of benzene rings is 2. The van der Waals surface area contributed by atoms with E-state index in [-0.39, 0.29) is 23.2 Å². The summed E-state index contributed by atoms with van der Waals surface area (Å²) in [5.41, 5.74) is 1.54. The first-order chi connectivity index (χ1) is 15.2. The van der Waals surface area contributed by atoms with Crippen LogP contribution in [0.4, 0.5) is 6.01 Å². The van der Waals surface area contributed by atoms with Crippen LogP contribution in [0.1, 0.15) is 30.9 Å². The molecule has 0 spiro atoms. The summed E-state index contributed by atoms with van der Waals surface area (Å²) in [6.45, 7) is 3.28. The molecule has 170 valence electrons. The van der Waals surface area contributed by atoms with Gasteiger partial charge in [0.1, 0.15) is 0 Å². The number of nitrogens with zero attached hydrogens (tertiary/aromatic N) is 2. The maximum absolute atomic E-state index is 12.3. The van der Waals surface area contributed by atoms with Gasteiger partial charge in [0.25, 0.3) is 0 Å². The average molecular weight is 460 g/mol. The molecule has 0 atom stereocenters. The maximum Gasteiger partial charge on any atom is 0.322 e. The Balaban J connectivity index is 1.61. The maximum atomic E-state index is 12.3. The molecule has 0 radical (unpaired) electrons. The van der Waals surface area contributed by atoms with Crippen molar-refractivity contribution < 1.29 is 27.1 Å². The summed E-state index contributed by atoms with van der Waals surface area (Å²) in [6.07, 6.45) is 0.393. The molecule has 0 aliphatic heterocycles. The summed E-state index contributed by atoms with van der Waals surface area (Å²) in [5.74, 6) is 1.08. The molecular formula is C22H25N3O6S. The van der Waals surface area contributed by atoms with E-state index in [1.54, 1.807) is 63.4 Å². The number of sulfone groups is 1. The number of rotatable bonds is 9. The van der Waals surface area contributed by atoms with Gasteiger partial charge in [0, 0.05) is 0 Å². The number of aromatic nitrogens is 2. The highest BCUT2D eigenvalue weighted by molar-refractivity contribution is 7.92. The van der Waals surface area contributed by atoms with Crippen molar-refractivity contribution in [2.75, 3.05) is 19.5 Å². The van der Waals surface area contributed by atoms with Crippen molar-refractivity contribution in [2.24, 2.45) is 0 Å². The van der Waals surface area contributed by atoms with E-state index in [4.69, 9.17) is 13.9 Å². The molecule has 32 heavy (non-hydrogen) atoms. The van der Waals surface area contributed by atoms with Crippen LogP contribution >= 0.6 is 0 Å². The first-order valence-corrected chi connectivity index (χ1v) is 11.4. The minimum absolute atomic E-state index is 0.00974. The van der Waals surface area contributed by atoms with Crippen molar-refractivity contribution in [1.82, 2.24) is 10.2 Å². The van der Waals surface area contributed by atoms with Gasteiger partial charge < -0.3 is 13.9 Å². The topological polar surface area (TPSA) is 121 Å². The summed E-state index contributed by atoms with van der Waals surface area (Å²) in [4.78, 5) is 12.6. The smallest absolute Gasteiger partial charge is 0.322 e. The highest BCUT2D eigenvalue weighted by Gasteiger charge is 2.19. The van der Waals surface area contributed by atoms with Crippen molar-refractivity contribution in [2.45, 2.75) is 36.8 Å². The lowest BCUT2D eigenvalue weighted by molar-refractivity contribution is -0.115. The summed E-state index contributed by atoms with van der Waals surface area (Å²) in [6, 6.07) is 11.7. The quantitative estimate of drug-likeness (QED) is 0.518. The fourth-order valence-electron chi connectivity index (χ4n) is 2.96. The summed E-state index contributed by atoms with van der Waals surface area (Å²) in [7, 11) is -0.257. The molecule has 0 fully saturated rings. The van der Waals surface area contributed by atoms with Crippen LogP contribution in [-0.4, -0.2) is 44.0 Å². The van der Waals surface area contributed by atoms with E-state index in [0.29, 0.717) is 23.8 Å². The first kappa shape index (κ1) is 23.3. The van der Waals surface area contributed by atoms with Crippen LogP contribution in [0, 0.1) is 0 Å². The number of anilines is 1. The minimum atomic E-state index is -3.32. The number of amides is 1. The molecule has 2 aromatic carbocycles. The van der Waals surface area contributed by atoms with Gasteiger partial charge in [0.05, 0.1) is 37.2 Å². The van der Waals surface area contributed by atoms with E-state index >= 15 is 0 Å². The third-order valence-corrected chi connectivity index (χ3v) is 6.92. The van der Waals surface area contributed by atoms with Crippen molar-refractivity contribution >= 4 is 21.8 Å². The second-order valence-corrected chi connectivity index (χ2v) is 9.83. The molecular weight excluding hydrogens is 434 g/mol. The van der Waals surface area contributed by atoms with E-state index in [0.717, 1.165) is 11.1 Å². The van der Waals surface area contributed by atoms with Gasteiger partial charge >= 0.3 is 6.01 Å². The van der Waals surface area contributed by atoms with Crippen molar-refractivity contribution in [3.8, 4) is 11.5 Å². The van der Waals surface area contributed by atoms with Gasteiger partial charge in [-0.05, 0) is 49.2 Å². The number of ether oxygens (including phenoxy) is 2. The molecule has 0 saturated carbocycles. The molecule has 0 aliphatic rings. The Morgan fingerprint density at radius 1 is 1.00 bits per heavy atom. The molecule has 0 aliphatic carbocycles. The Labute approximate surface area is 186 Å². The molecule has 1 heterocycles. The molecule has 0 unspecified atom stereocenters. The zero-order valence-corrected chi connectivity index (χ0v) is 19.1. The fourth-order valence-corrected chi connectivity index (χ4v) is 4.02. The molecule has 1 amide bonds. The van der Waals surface area contributed by atoms with E-state index in [2.05, 4.69) is 15.5 Å². The molecule has 9 nitrogen and oxygen atoms in total. The Morgan fingerprint density at radius 2 is 1.66 bits per heavy atom. The van der Waals surface area contributed by atoms with Crippen molar-refractivity contribution in [3.05, 3.63) is 59.5 Å². The second-order valence-electron chi connectivity index (χ2n) is 7.33.